The Morgan fingerprint density at radius 3 is 2.21 bits per heavy atom. The highest BCUT2D eigenvalue weighted by Crippen LogP contribution is 2.38. The maximum absolute atomic E-state index is 13.0. The summed E-state index contributed by atoms with van der Waals surface area (Å²) >= 11 is 5.89. The number of rotatable bonds is 5. The van der Waals surface area contributed by atoms with Crippen LogP contribution in [0.5, 0.6) is 0 Å². The molecule has 2 aromatic rings. The minimum absolute atomic E-state index is 0.380. The average molecular weight is 415 g/mol. The van der Waals surface area contributed by atoms with E-state index >= 15 is 0 Å². The monoisotopic (exact) mass is 415 g/mol. The van der Waals surface area contributed by atoms with Crippen LogP contribution in [0.3, 0.4) is 0 Å². The van der Waals surface area contributed by atoms with Gasteiger partial charge in [-0.1, -0.05) is 54.1 Å². The third-order valence-electron chi connectivity index (χ3n) is 4.86. The number of ether oxygens (including phenoxy) is 1. The molecule has 1 aliphatic rings. The van der Waals surface area contributed by atoms with E-state index in [2.05, 4.69) is 0 Å². The number of hydrogen-bond acceptors (Lipinski definition) is 6. The van der Waals surface area contributed by atoms with Crippen molar-refractivity contribution < 1.29 is 22.1 Å². The maximum Gasteiger partial charge on any atom is 0.304 e. The van der Waals surface area contributed by atoms with Gasteiger partial charge in [0.25, 0.3) is 0 Å². The lowest BCUT2D eigenvalue weighted by atomic mass is 9.65. The van der Waals surface area contributed by atoms with Crippen molar-refractivity contribution in [1.82, 2.24) is 0 Å². The van der Waals surface area contributed by atoms with Crippen molar-refractivity contribution in [3.8, 4) is 0 Å². The molecule has 11 heteroatoms. The standard InChI is InChI=1S/C17H17B3ClNO5S/c18-16(10-6-8-12(21)9-7-10)14(23)13(15(22)26-16)27-28(24,25)17(19,20)11-4-2-1-3-5-11/h1-9H,18-20,22H2/t16-/m1/s1. The molecule has 0 bridgehead atoms. The number of hydrogen-bond donors (Lipinski definition) is 1. The molecule has 1 heterocycles. The first-order valence-corrected chi connectivity index (χ1v) is 10.3. The number of nitrogens with two attached hydrogens (primary N) is 1. The van der Waals surface area contributed by atoms with E-state index in [-0.39, 0.29) is 5.88 Å². The summed E-state index contributed by atoms with van der Waals surface area (Å²) in [6.45, 7) is 0. The first kappa shape index (κ1) is 20.4. The summed E-state index contributed by atoms with van der Waals surface area (Å²) in [5.41, 5.74) is 5.31. The summed E-state index contributed by atoms with van der Waals surface area (Å²) in [7, 11) is 0.222. The van der Waals surface area contributed by atoms with Gasteiger partial charge in [-0.05, 0) is 23.3 Å². The van der Waals surface area contributed by atoms with Crippen LogP contribution in [0.15, 0.2) is 66.2 Å². The van der Waals surface area contributed by atoms with Crippen LogP contribution in [-0.2, 0) is 33.9 Å². The van der Waals surface area contributed by atoms with E-state index in [0.29, 0.717) is 16.1 Å². The topological polar surface area (TPSA) is 95.7 Å². The first-order valence-electron chi connectivity index (χ1n) is 8.48. The number of halogens is 1. The summed E-state index contributed by atoms with van der Waals surface area (Å²) in [6.07, 6.45) is 0. The molecule has 0 aromatic heterocycles. The highest BCUT2D eigenvalue weighted by atomic mass is 35.5. The fraction of sp³-hybridized carbons (Fsp3) is 0.118. The Balaban J connectivity index is 1.93. The lowest BCUT2D eigenvalue weighted by molar-refractivity contribution is -0.126. The van der Waals surface area contributed by atoms with E-state index in [1.165, 1.54) is 23.5 Å². The Bertz CT molecular complexity index is 1060. The van der Waals surface area contributed by atoms with Gasteiger partial charge in [0.15, 0.2) is 13.3 Å². The Morgan fingerprint density at radius 2 is 1.64 bits per heavy atom. The van der Waals surface area contributed by atoms with E-state index in [1.54, 1.807) is 54.6 Å². The van der Waals surface area contributed by atoms with Gasteiger partial charge in [-0.2, -0.15) is 8.42 Å². The van der Waals surface area contributed by atoms with Crippen LogP contribution in [0.25, 0.3) is 0 Å². The first-order chi connectivity index (χ1) is 13.0. The molecule has 3 rings (SSSR count). The average Bonchev–Trinajstić information content (AvgIpc) is 2.86. The molecular weight excluding hydrogens is 398 g/mol. The smallest absolute Gasteiger partial charge is 0.304 e. The van der Waals surface area contributed by atoms with Crippen LogP contribution in [-0.4, -0.2) is 37.7 Å². The van der Waals surface area contributed by atoms with E-state index in [4.69, 9.17) is 26.3 Å². The molecule has 0 saturated heterocycles. The lowest BCUT2D eigenvalue weighted by Gasteiger charge is -2.25. The van der Waals surface area contributed by atoms with Gasteiger partial charge in [-0.3, -0.25) is 4.79 Å². The largest absolute Gasteiger partial charge is 0.467 e. The molecule has 1 aliphatic heterocycles. The van der Waals surface area contributed by atoms with Crippen molar-refractivity contribution >= 4 is 51.0 Å². The van der Waals surface area contributed by atoms with Crippen LogP contribution in [0.4, 0.5) is 0 Å². The molecule has 2 N–H and O–H groups in total. The van der Waals surface area contributed by atoms with Crippen LogP contribution in [0.1, 0.15) is 11.1 Å². The molecular formula is C17H17B3ClNO5S. The number of ketones is 1. The quantitative estimate of drug-likeness (QED) is 0.512. The van der Waals surface area contributed by atoms with Crippen LogP contribution in [0, 0.1) is 0 Å². The molecule has 1 atom stereocenters. The number of benzene rings is 2. The zero-order valence-corrected chi connectivity index (χ0v) is 17.2. The number of carbonyl (C=O) groups excluding carboxylic acids is 1. The molecule has 6 nitrogen and oxygen atoms in total. The van der Waals surface area contributed by atoms with Gasteiger partial charge < -0.3 is 14.7 Å². The van der Waals surface area contributed by atoms with Gasteiger partial charge in [0.1, 0.15) is 15.7 Å². The van der Waals surface area contributed by atoms with Crippen molar-refractivity contribution in [1.29, 1.82) is 0 Å². The van der Waals surface area contributed by atoms with Crippen molar-refractivity contribution in [2.24, 2.45) is 5.73 Å². The summed E-state index contributed by atoms with van der Waals surface area (Å²) in [6, 6.07) is 15.0. The Morgan fingerprint density at radius 1 is 1.07 bits per heavy atom. The minimum atomic E-state index is -4.26. The number of carbonyl (C=O) groups is 1. The fourth-order valence-electron chi connectivity index (χ4n) is 2.88. The summed E-state index contributed by atoms with van der Waals surface area (Å²) in [5, 5.41) is 0.488. The van der Waals surface area contributed by atoms with E-state index in [1.807, 2.05) is 0 Å². The maximum atomic E-state index is 13.0. The third kappa shape index (κ3) is 3.31. The van der Waals surface area contributed by atoms with Gasteiger partial charge in [-0.25, -0.2) is 0 Å². The van der Waals surface area contributed by atoms with Gasteiger partial charge in [0.05, 0.1) is 4.55 Å². The predicted octanol–water partition coefficient (Wildman–Crippen LogP) is -0.724. The summed E-state index contributed by atoms with van der Waals surface area (Å²) in [4.78, 5) is 13.0. The Labute approximate surface area is 171 Å². The van der Waals surface area contributed by atoms with E-state index < -0.39 is 31.7 Å². The van der Waals surface area contributed by atoms with Crippen molar-refractivity contribution in [2.75, 3.05) is 0 Å². The summed E-state index contributed by atoms with van der Waals surface area (Å²) in [5.74, 6) is -1.59. The van der Waals surface area contributed by atoms with Crippen molar-refractivity contribution in [3.05, 3.63) is 82.4 Å². The molecule has 0 aliphatic carbocycles. The zero-order chi connectivity index (χ0) is 20.7. The number of Topliss-reactive ketones (excluding diaryl/α,β-unsaturated/α-hetero) is 1. The molecule has 0 unspecified atom stereocenters. The molecule has 0 radical (unpaired) electrons. The van der Waals surface area contributed by atoms with Gasteiger partial charge >= 0.3 is 10.1 Å². The normalized spacial score (nSPS) is 20.1. The molecule has 0 spiro atoms. The second-order valence-corrected chi connectivity index (χ2v) is 9.61. The highest BCUT2D eigenvalue weighted by molar-refractivity contribution is 7.90. The predicted molar refractivity (Wildman–Crippen MR) is 114 cm³/mol. The zero-order valence-electron chi connectivity index (χ0n) is 15.6. The third-order valence-corrected chi connectivity index (χ3v) is 6.98. The van der Waals surface area contributed by atoms with Crippen LogP contribution in [0.2, 0.25) is 5.02 Å². The van der Waals surface area contributed by atoms with Crippen molar-refractivity contribution in [3.63, 3.8) is 0 Å². The molecule has 0 fully saturated rings. The minimum Gasteiger partial charge on any atom is -0.467 e. The van der Waals surface area contributed by atoms with E-state index in [9.17, 15) is 13.2 Å². The van der Waals surface area contributed by atoms with Gasteiger partial charge in [0.2, 0.25) is 17.4 Å². The highest BCUT2D eigenvalue weighted by Gasteiger charge is 2.50. The Kier molecular flexibility index (Phi) is 5.06. The second-order valence-electron chi connectivity index (χ2n) is 7.08. The second kappa shape index (κ2) is 6.94. The van der Waals surface area contributed by atoms with Crippen LogP contribution < -0.4 is 5.73 Å². The molecule has 0 saturated carbocycles. The van der Waals surface area contributed by atoms with Gasteiger partial charge in [-0.15, -0.1) is 0 Å². The summed E-state index contributed by atoms with van der Waals surface area (Å²) < 4.78 is 35.2. The van der Waals surface area contributed by atoms with E-state index in [0.717, 1.165) is 0 Å². The molecule has 142 valence electrons. The molecule has 2 aromatic carbocycles. The fourth-order valence-corrected chi connectivity index (χ4v) is 4.01. The molecule has 28 heavy (non-hydrogen) atoms. The van der Waals surface area contributed by atoms with Crippen LogP contribution >= 0.6 is 11.6 Å². The lowest BCUT2D eigenvalue weighted by Crippen LogP contribution is -2.40. The molecule has 0 amide bonds. The van der Waals surface area contributed by atoms with Crippen molar-refractivity contribution in [2.45, 2.75) is 10.0 Å². The van der Waals surface area contributed by atoms with Gasteiger partial charge in [0, 0.05) is 5.02 Å². The SMILES string of the molecule is BC(B)(c1ccccc1)S(=O)(=O)OC1=C(N)O[C@](B)(c2ccc(Cl)cc2)C1=O. The Hall–Kier alpha value is -2.32.